The van der Waals surface area contributed by atoms with Crippen LogP contribution in [-0.2, 0) is 9.47 Å². The predicted molar refractivity (Wildman–Crippen MR) is 87.6 cm³/mol. The van der Waals surface area contributed by atoms with Gasteiger partial charge in [-0.3, -0.25) is 0 Å². The molecule has 3 fully saturated rings. The Morgan fingerprint density at radius 2 is 1.50 bits per heavy atom. The largest absolute Gasteiger partial charge is 0.373 e. The summed E-state index contributed by atoms with van der Waals surface area (Å²) in [5.41, 5.74) is 0. The smallest absolute Gasteiger partial charge is 0.181 e. The SMILES string of the molecule is OC1OCCC1OCC1CCCCCCCC2CCCCC21. The van der Waals surface area contributed by atoms with Crippen molar-refractivity contribution in [2.75, 3.05) is 13.2 Å². The standard InChI is InChI=1S/C19H34O3/c20-19-18(12-13-21-19)22-14-16-10-5-3-1-2-4-8-15-9-6-7-11-17(15)16/h15-20H,1-14H2. The summed E-state index contributed by atoms with van der Waals surface area (Å²) in [4.78, 5) is 0. The van der Waals surface area contributed by atoms with Crippen molar-refractivity contribution < 1.29 is 14.6 Å². The van der Waals surface area contributed by atoms with Crippen molar-refractivity contribution in [2.45, 2.75) is 89.4 Å². The highest BCUT2D eigenvalue weighted by Crippen LogP contribution is 2.41. The number of fused-ring (bicyclic) bond motifs is 1. The molecule has 0 aromatic heterocycles. The van der Waals surface area contributed by atoms with Crippen LogP contribution >= 0.6 is 0 Å². The Labute approximate surface area is 135 Å². The molecule has 3 aliphatic rings. The first-order chi connectivity index (χ1) is 10.8. The molecule has 0 aromatic rings. The van der Waals surface area contributed by atoms with Crippen molar-refractivity contribution in [1.29, 1.82) is 0 Å². The van der Waals surface area contributed by atoms with Gasteiger partial charge in [0.15, 0.2) is 6.29 Å². The third-order valence-corrected chi connectivity index (χ3v) is 6.26. The molecule has 128 valence electrons. The quantitative estimate of drug-likeness (QED) is 0.845. The van der Waals surface area contributed by atoms with Gasteiger partial charge in [0.1, 0.15) is 6.10 Å². The molecule has 0 amide bonds. The molecule has 0 radical (unpaired) electrons. The average molecular weight is 310 g/mol. The van der Waals surface area contributed by atoms with E-state index in [2.05, 4.69) is 0 Å². The molecule has 5 unspecified atom stereocenters. The van der Waals surface area contributed by atoms with Crippen molar-refractivity contribution in [3.63, 3.8) is 0 Å². The van der Waals surface area contributed by atoms with Gasteiger partial charge in [0, 0.05) is 6.42 Å². The Balaban J connectivity index is 1.58. The van der Waals surface area contributed by atoms with Gasteiger partial charge in [0.25, 0.3) is 0 Å². The summed E-state index contributed by atoms with van der Waals surface area (Å²) in [5.74, 6) is 2.51. The van der Waals surface area contributed by atoms with Crippen molar-refractivity contribution in [3.05, 3.63) is 0 Å². The molecule has 22 heavy (non-hydrogen) atoms. The van der Waals surface area contributed by atoms with Gasteiger partial charge in [0.05, 0.1) is 13.2 Å². The molecule has 0 bridgehead atoms. The van der Waals surface area contributed by atoms with Crippen LogP contribution in [0.5, 0.6) is 0 Å². The highest BCUT2D eigenvalue weighted by molar-refractivity contribution is 4.82. The molecule has 1 saturated heterocycles. The Bertz CT molecular complexity index is 320. The molecule has 1 N–H and O–H groups in total. The summed E-state index contributed by atoms with van der Waals surface area (Å²) < 4.78 is 11.3. The maximum absolute atomic E-state index is 9.79. The van der Waals surface area contributed by atoms with Gasteiger partial charge in [-0.15, -0.1) is 0 Å². The van der Waals surface area contributed by atoms with Gasteiger partial charge in [-0.25, -0.2) is 0 Å². The first kappa shape index (κ1) is 16.7. The van der Waals surface area contributed by atoms with E-state index in [4.69, 9.17) is 9.47 Å². The van der Waals surface area contributed by atoms with Crippen molar-refractivity contribution >= 4 is 0 Å². The summed E-state index contributed by atoms with van der Waals surface area (Å²) >= 11 is 0. The van der Waals surface area contributed by atoms with Crippen LogP contribution in [0.1, 0.15) is 77.0 Å². The Kier molecular flexibility index (Phi) is 6.58. The first-order valence-electron chi connectivity index (χ1n) is 9.76. The van der Waals surface area contributed by atoms with E-state index >= 15 is 0 Å². The monoisotopic (exact) mass is 310 g/mol. The van der Waals surface area contributed by atoms with Gasteiger partial charge >= 0.3 is 0 Å². The fraction of sp³-hybridized carbons (Fsp3) is 1.00. The van der Waals surface area contributed by atoms with Crippen molar-refractivity contribution in [2.24, 2.45) is 17.8 Å². The van der Waals surface area contributed by atoms with Gasteiger partial charge in [-0.05, 0) is 30.6 Å². The van der Waals surface area contributed by atoms with E-state index < -0.39 is 6.29 Å². The maximum atomic E-state index is 9.79. The molecule has 5 atom stereocenters. The van der Waals surface area contributed by atoms with Gasteiger partial charge in [0.2, 0.25) is 0 Å². The number of ether oxygens (including phenoxy) is 2. The summed E-state index contributed by atoms with van der Waals surface area (Å²) in [6.45, 7) is 1.48. The summed E-state index contributed by atoms with van der Waals surface area (Å²) in [5, 5.41) is 9.79. The minimum Gasteiger partial charge on any atom is -0.373 e. The zero-order valence-corrected chi connectivity index (χ0v) is 14.0. The summed E-state index contributed by atoms with van der Waals surface area (Å²) in [6, 6.07) is 0. The minimum absolute atomic E-state index is 0.0857. The van der Waals surface area contributed by atoms with E-state index in [-0.39, 0.29) is 6.10 Å². The zero-order valence-electron chi connectivity index (χ0n) is 14.0. The molecule has 1 heterocycles. The number of aliphatic hydroxyl groups excluding tert-OH is 1. The first-order valence-corrected chi connectivity index (χ1v) is 9.76. The average Bonchev–Trinajstić information content (AvgIpc) is 2.95. The zero-order chi connectivity index (χ0) is 15.2. The fourth-order valence-corrected chi connectivity index (χ4v) is 4.95. The van der Waals surface area contributed by atoms with Crippen LogP contribution in [0.25, 0.3) is 0 Å². The van der Waals surface area contributed by atoms with Crippen LogP contribution in [0.2, 0.25) is 0 Å². The van der Waals surface area contributed by atoms with E-state index in [1.54, 1.807) is 0 Å². The van der Waals surface area contributed by atoms with Crippen molar-refractivity contribution in [3.8, 4) is 0 Å². The Morgan fingerprint density at radius 3 is 2.27 bits per heavy atom. The highest BCUT2D eigenvalue weighted by Gasteiger charge is 2.34. The van der Waals surface area contributed by atoms with Crippen molar-refractivity contribution in [1.82, 2.24) is 0 Å². The molecule has 2 aliphatic carbocycles. The molecule has 2 saturated carbocycles. The minimum atomic E-state index is -0.693. The second kappa shape index (κ2) is 8.65. The maximum Gasteiger partial charge on any atom is 0.181 e. The summed E-state index contributed by atoms with van der Waals surface area (Å²) in [6.07, 6.45) is 15.6. The molecular weight excluding hydrogens is 276 g/mol. The predicted octanol–water partition coefficient (Wildman–Crippen LogP) is 4.28. The molecular formula is C19H34O3. The van der Waals surface area contributed by atoms with Crippen LogP contribution in [0.4, 0.5) is 0 Å². The lowest BCUT2D eigenvalue weighted by Crippen LogP contribution is -2.33. The number of hydrogen-bond donors (Lipinski definition) is 1. The van der Waals surface area contributed by atoms with Crippen LogP contribution in [0.15, 0.2) is 0 Å². The van der Waals surface area contributed by atoms with Gasteiger partial charge in [-0.1, -0.05) is 57.8 Å². The third-order valence-electron chi connectivity index (χ3n) is 6.26. The highest BCUT2D eigenvalue weighted by atomic mass is 16.6. The second-order valence-electron chi connectivity index (χ2n) is 7.74. The molecule has 3 heteroatoms. The van der Waals surface area contributed by atoms with E-state index in [9.17, 15) is 5.11 Å². The molecule has 0 spiro atoms. The number of rotatable bonds is 3. The Hall–Kier alpha value is -0.120. The second-order valence-corrected chi connectivity index (χ2v) is 7.74. The normalized spacial score (nSPS) is 41.0. The molecule has 1 aliphatic heterocycles. The fourth-order valence-electron chi connectivity index (χ4n) is 4.95. The van der Waals surface area contributed by atoms with Crippen LogP contribution in [0, 0.1) is 17.8 Å². The van der Waals surface area contributed by atoms with E-state index in [0.29, 0.717) is 12.5 Å². The Morgan fingerprint density at radius 1 is 0.818 bits per heavy atom. The van der Waals surface area contributed by atoms with Gasteiger partial charge < -0.3 is 14.6 Å². The van der Waals surface area contributed by atoms with Crippen LogP contribution in [-0.4, -0.2) is 30.7 Å². The molecule has 3 nitrogen and oxygen atoms in total. The molecule has 3 rings (SSSR count). The van der Waals surface area contributed by atoms with Gasteiger partial charge in [-0.2, -0.15) is 0 Å². The van der Waals surface area contributed by atoms with E-state index in [1.807, 2.05) is 0 Å². The third kappa shape index (κ3) is 4.46. The number of hydrogen-bond acceptors (Lipinski definition) is 3. The summed E-state index contributed by atoms with van der Waals surface area (Å²) in [7, 11) is 0. The van der Waals surface area contributed by atoms with E-state index in [1.165, 1.54) is 70.6 Å². The molecule has 0 aromatic carbocycles. The lowest BCUT2D eigenvalue weighted by Gasteiger charge is -2.38. The van der Waals surface area contributed by atoms with Crippen LogP contribution < -0.4 is 0 Å². The number of aliphatic hydroxyl groups is 1. The lowest BCUT2D eigenvalue weighted by atomic mass is 9.69. The van der Waals surface area contributed by atoms with E-state index in [0.717, 1.165) is 24.9 Å². The lowest BCUT2D eigenvalue weighted by molar-refractivity contribution is -0.135. The topological polar surface area (TPSA) is 38.7 Å². The van der Waals surface area contributed by atoms with Crippen LogP contribution in [0.3, 0.4) is 0 Å².